The maximum Gasteiger partial charge on any atom is 0.213 e. The van der Waals surface area contributed by atoms with Crippen molar-refractivity contribution in [1.82, 2.24) is 19.9 Å². The Morgan fingerprint density at radius 2 is 1.71 bits per heavy atom. The summed E-state index contributed by atoms with van der Waals surface area (Å²) in [5.41, 5.74) is 3.00. The van der Waals surface area contributed by atoms with E-state index >= 15 is 0 Å². The number of pyridine rings is 2. The standard InChI is InChI=1S/C20H14ClFN4O2/c1-10-7-12(8-15(21)23-10)18-17(11-3-5-13(22)6-4-11)26-20-19(25-18)14(27)9-16(24-20)28-2/h3-9H,1-2H3,(H,24,26,27). The van der Waals surface area contributed by atoms with Crippen molar-refractivity contribution in [2.75, 3.05) is 7.11 Å². The molecule has 0 radical (unpaired) electrons. The molecule has 3 aromatic heterocycles. The molecule has 4 rings (SSSR count). The Morgan fingerprint density at radius 3 is 2.39 bits per heavy atom. The van der Waals surface area contributed by atoms with Crippen LogP contribution in [0.2, 0.25) is 5.15 Å². The SMILES string of the molecule is COc1cc(=O)c2nc(-c3cc(C)nc(Cl)c3)c(-c3ccc(F)cc3)nc2[nH]1. The summed E-state index contributed by atoms with van der Waals surface area (Å²) in [6, 6.07) is 10.6. The fourth-order valence-corrected chi connectivity index (χ4v) is 3.17. The van der Waals surface area contributed by atoms with Gasteiger partial charge in [-0.3, -0.25) is 4.79 Å². The summed E-state index contributed by atoms with van der Waals surface area (Å²) in [7, 11) is 1.45. The number of nitrogens with one attached hydrogen (secondary N) is 1. The van der Waals surface area contributed by atoms with Crippen LogP contribution in [0, 0.1) is 12.7 Å². The first-order valence-electron chi connectivity index (χ1n) is 8.34. The number of methoxy groups -OCH3 is 1. The van der Waals surface area contributed by atoms with E-state index in [2.05, 4.69) is 19.9 Å². The number of aromatic nitrogens is 4. The summed E-state index contributed by atoms with van der Waals surface area (Å²) < 4.78 is 18.5. The number of benzene rings is 1. The zero-order valence-electron chi connectivity index (χ0n) is 15.0. The van der Waals surface area contributed by atoms with Crippen molar-refractivity contribution in [3.63, 3.8) is 0 Å². The molecular formula is C20H14ClFN4O2. The van der Waals surface area contributed by atoms with Gasteiger partial charge in [-0.15, -0.1) is 0 Å². The maximum absolute atomic E-state index is 13.4. The number of hydrogen-bond donors (Lipinski definition) is 1. The molecule has 0 amide bonds. The van der Waals surface area contributed by atoms with E-state index in [1.165, 1.54) is 25.3 Å². The van der Waals surface area contributed by atoms with E-state index in [-0.39, 0.29) is 28.3 Å². The van der Waals surface area contributed by atoms with Gasteiger partial charge in [0.2, 0.25) is 5.43 Å². The first-order chi connectivity index (χ1) is 13.4. The predicted octanol–water partition coefficient (Wildman–Crippen LogP) is 4.16. The van der Waals surface area contributed by atoms with Crippen molar-refractivity contribution in [2.24, 2.45) is 0 Å². The van der Waals surface area contributed by atoms with Gasteiger partial charge >= 0.3 is 0 Å². The van der Waals surface area contributed by atoms with Crippen molar-refractivity contribution in [3.8, 4) is 28.4 Å². The minimum atomic E-state index is -0.364. The lowest BCUT2D eigenvalue weighted by Gasteiger charge is -2.11. The summed E-state index contributed by atoms with van der Waals surface area (Å²) in [5, 5.41) is 0.297. The summed E-state index contributed by atoms with van der Waals surface area (Å²) in [5.74, 6) is -0.0932. The number of hydrogen-bond acceptors (Lipinski definition) is 5. The predicted molar refractivity (Wildman–Crippen MR) is 105 cm³/mol. The molecule has 3 heterocycles. The topological polar surface area (TPSA) is 80.8 Å². The van der Waals surface area contributed by atoms with Crippen LogP contribution in [0.5, 0.6) is 5.88 Å². The molecule has 0 atom stereocenters. The van der Waals surface area contributed by atoms with E-state index in [1.54, 1.807) is 31.2 Å². The molecule has 140 valence electrons. The molecule has 0 bridgehead atoms. The van der Waals surface area contributed by atoms with Crippen molar-refractivity contribution in [1.29, 1.82) is 0 Å². The van der Waals surface area contributed by atoms with Crippen LogP contribution in [0.25, 0.3) is 33.7 Å². The molecule has 0 fully saturated rings. The van der Waals surface area contributed by atoms with Crippen LogP contribution in [0.4, 0.5) is 4.39 Å². The number of H-pyrrole nitrogens is 1. The first kappa shape index (κ1) is 18.1. The highest BCUT2D eigenvalue weighted by Crippen LogP contribution is 2.31. The molecule has 1 aromatic carbocycles. The Morgan fingerprint density at radius 1 is 1.00 bits per heavy atom. The van der Waals surface area contributed by atoms with Crippen LogP contribution in [0.1, 0.15) is 5.69 Å². The molecule has 0 saturated carbocycles. The van der Waals surface area contributed by atoms with Crippen LogP contribution in [0.3, 0.4) is 0 Å². The Kier molecular flexibility index (Phi) is 4.52. The summed E-state index contributed by atoms with van der Waals surface area (Å²) in [6.07, 6.45) is 0. The summed E-state index contributed by atoms with van der Waals surface area (Å²) in [4.78, 5) is 28.7. The van der Waals surface area contributed by atoms with Gasteiger partial charge in [0, 0.05) is 22.9 Å². The fraction of sp³-hybridized carbons (Fsp3) is 0.100. The van der Waals surface area contributed by atoms with Gasteiger partial charge in [0.1, 0.15) is 11.0 Å². The number of halogens is 2. The molecule has 8 heteroatoms. The van der Waals surface area contributed by atoms with Gasteiger partial charge in [-0.1, -0.05) is 11.6 Å². The van der Waals surface area contributed by atoms with Gasteiger partial charge in [0.25, 0.3) is 0 Å². The average molecular weight is 397 g/mol. The monoisotopic (exact) mass is 396 g/mol. The molecule has 0 spiro atoms. The molecular weight excluding hydrogens is 383 g/mol. The van der Waals surface area contributed by atoms with Gasteiger partial charge < -0.3 is 9.72 Å². The van der Waals surface area contributed by atoms with Gasteiger partial charge in [-0.2, -0.15) is 0 Å². The quantitative estimate of drug-likeness (QED) is 0.526. The smallest absolute Gasteiger partial charge is 0.213 e. The minimum absolute atomic E-state index is 0.159. The van der Waals surface area contributed by atoms with Crippen LogP contribution in [0.15, 0.2) is 47.3 Å². The lowest BCUT2D eigenvalue weighted by Crippen LogP contribution is -2.09. The van der Waals surface area contributed by atoms with Crippen molar-refractivity contribution in [2.45, 2.75) is 6.92 Å². The first-order valence-corrected chi connectivity index (χ1v) is 8.72. The van der Waals surface area contributed by atoms with E-state index in [0.29, 0.717) is 33.4 Å². The Hall–Kier alpha value is -3.32. The largest absolute Gasteiger partial charge is 0.482 e. The number of aryl methyl sites for hydroxylation is 1. The van der Waals surface area contributed by atoms with Gasteiger partial charge in [-0.25, -0.2) is 19.3 Å². The normalized spacial score (nSPS) is 11.0. The molecule has 0 aliphatic rings. The zero-order chi connectivity index (χ0) is 19.8. The Labute approximate surface area is 164 Å². The maximum atomic E-state index is 13.4. The van der Waals surface area contributed by atoms with E-state index in [4.69, 9.17) is 16.3 Å². The van der Waals surface area contributed by atoms with Gasteiger partial charge in [0.05, 0.1) is 18.5 Å². The molecule has 4 aromatic rings. The van der Waals surface area contributed by atoms with Gasteiger partial charge in [-0.05, 0) is 43.3 Å². The van der Waals surface area contributed by atoms with E-state index in [0.717, 1.165) is 0 Å². The van der Waals surface area contributed by atoms with E-state index in [9.17, 15) is 9.18 Å². The molecule has 1 N–H and O–H groups in total. The third-order valence-corrected chi connectivity index (χ3v) is 4.36. The van der Waals surface area contributed by atoms with E-state index < -0.39 is 0 Å². The summed E-state index contributed by atoms with van der Waals surface area (Å²) >= 11 is 6.11. The molecule has 6 nitrogen and oxygen atoms in total. The number of rotatable bonds is 3. The van der Waals surface area contributed by atoms with Crippen LogP contribution < -0.4 is 10.2 Å². The number of nitrogens with zero attached hydrogens (tertiary/aromatic N) is 3. The number of ether oxygens (including phenoxy) is 1. The molecule has 0 aliphatic heterocycles. The highest BCUT2D eigenvalue weighted by Gasteiger charge is 2.17. The van der Waals surface area contributed by atoms with Crippen molar-refractivity contribution >= 4 is 22.8 Å². The molecule has 0 saturated heterocycles. The van der Waals surface area contributed by atoms with Crippen molar-refractivity contribution < 1.29 is 9.13 Å². The van der Waals surface area contributed by atoms with Crippen LogP contribution in [-0.4, -0.2) is 27.0 Å². The highest BCUT2D eigenvalue weighted by atomic mass is 35.5. The van der Waals surface area contributed by atoms with Crippen molar-refractivity contribution in [3.05, 3.63) is 69.4 Å². The van der Waals surface area contributed by atoms with E-state index in [1.807, 2.05) is 0 Å². The molecule has 0 aliphatic carbocycles. The third kappa shape index (κ3) is 3.32. The van der Waals surface area contributed by atoms with Crippen LogP contribution in [-0.2, 0) is 0 Å². The second-order valence-electron chi connectivity index (χ2n) is 6.15. The Bertz CT molecular complexity index is 1240. The molecule has 0 unspecified atom stereocenters. The summed E-state index contributed by atoms with van der Waals surface area (Å²) in [6.45, 7) is 1.80. The third-order valence-electron chi connectivity index (χ3n) is 4.17. The minimum Gasteiger partial charge on any atom is -0.482 e. The fourth-order valence-electron chi connectivity index (χ4n) is 2.92. The lowest BCUT2D eigenvalue weighted by atomic mass is 10.0. The van der Waals surface area contributed by atoms with Gasteiger partial charge in [0.15, 0.2) is 17.0 Å². The number of fused-ring (bicyclic) bond motifs is 1. The van der Waals surface area contributed by atoms with Crippen LogP contribution >= 0.6 is 11.6 Å². The highest BCUT2D eigenvalue weighted by molar-refractivity contribution is 6.29. The average Bonchev–Trinajstić information content (AvgIpc) is 2.67. The second kappa shape index (κ2) is 7.01. The number of aromatic amines is 1. The lowest BCUT2D eigenvalue weighted by molar-refractivity contribution is 0.399. The zero-order valence-corrected chi connectivity index (χ0v) is 15.7. The molecule has 28 heavy (non-hydrogen) atoms. The Balaban J connectivity index is 2.08. The second-order valence-corrected chi connectivity index (χ2v) is 6.53.